The van der Waals surface area contributed by atoms with E-state index in [-0.39, 0.29) is 0 Å². The monoisotopic (exact) mass is 460 g/mol. The molecule has 1 aromatic heterocycles. The lowest BCUT2D eigenvalue weighted by Crippen LogP contribution is -2.27. The van der Waals surface area contributed by atoms with Gasteiger partial charge in [-0.3, -0.25) is 4.68 Å². The number of halogens is 1. The Labute approximate surface area is 198 Å². The van der Waals surface area contributed by atoms with E-state index in [0.717, 1.165) is 34.5 Å². The Morgan fingerprint density at radius 1 is 0.906 bits per heavy atom. The Morgan fingerprint density at radius 2 is 1.53 bits per heavy atom. The molecule has 0 aliphatic heterocycles. The van der Waals surface area contributed by atoms with Gasteiger partial charge in [0.05, 0.1) is 18.9 Å². The van der Waals surface area contributed by atoms with E-state index < -0.39 is 0 Å². The second-order valence-corrected chi connectivity index (χ2v) is 8.66. The zero-order chi connectivity index (χ0) is 22.2. The number of nitrogens with zero attached hydrogens (tertiary/aromatic N) is 4. The van der Waals surface area contributed by atoms with Crippen LogP contribution in [-0.4, -0.2) is 26.1 Å². The minimum Gasteiger partial charge on any atom is -0.343 e. The van der Waals surface area contributed by atoms with Gasteiger partial charge in [-0.25, -0.2) is 4.99 Å². The first-order valence-corrected chi connectivity index (χ1v) is 12.0. The van der Waals surface area contributed by atoms with Crippen LogP contribution < -0.4 is 0 Å². The molecule has 0 amide bonds. The highest BCUT2D eigenvalue weighted by Crippen LogP contribution is 2.21. The Hall–Kier alpha value is -3.02. The SMILES string of the molecule is CSC(=Nc1cnn(Cc2cccc(Cl)c2)c1)N(Cc1ccccc1)Cc1ccccc1. The van der Waals surface area contributed by atoms with Crippen molar-refractivity contribution < 1.29 is 0 Å². The Morgan fingerprint density at radius 3 is 2.12 bits per heavy atom. The fourth-order valence-electron chi connectivity index (χ4n) is 3.47. The van der Waals surface area contributed by atoms with Crippen molar-refractivity contribution >= 4 is 34.2 Å². The second-order valence-electron chi connectivity index (χ2n) is 7.45. The third kappa shape index (κ3) is 6.25. The lowest BCUT2D eigenvalue weighted by molar-refractivity contribution is 0.415. The number of amidine groups is 1. The topological polar surface area (TPSA) is 33.4 Å². The molecule has 0 fully saturated rings. The highest BCUT2D eigenvalue weighted by molar-refractivity contribution is 8.13. The molecule has 32 heavy (non-hydrogen) atoms. The first-order chi connectivity index (χ1) is 15.7. The summed E-state index contributed by atoms with van der Waals surface area (Å²) < 4.78 is 1.89. The number of aromatic nitrogens is 2. The summed E-state index contributed by atoms with van der Waals surface area (Å²) in [5, 5.41) is 6.18. The quantitative estimate of drug-likeness (QED) is 0.229. The van der Waals surface area contributed by atoms with E-state index in [4.69, 9.17) is 16.6 Å². The smallest absolute Gasteiger partial charge is 0.164 e. The summed E-state index contributed by atoms with van der Waals surface area (Å²) in [6.07, 6.45) is 5.85. The zero-order valence-corrected chi connectivity index (χ0v) is 19.5. The molecule has 4 rings (SSSR count). The summed E-state index contributed by atoms with van der Waals surface area (Å²) in [5.74, 6) is 0. The number of hydrogen-bond donors (Lipinski definition) is 0. The maximum atomic E-state index is 6.11. The molecule has 0 aliphatic rings. The molecule has 0 saturated heterocycles. The molecule has 0 radical (unpaired) electrons. The molecule has 0 saturated carbocycles. The van der Waals surface area contributed by atoms with Gasteiger partial charge in [-0.2, -0.15) is 5.10 Å². The number of rotatable bonds is 7. The molecule has 4 aromatic rings. The molecule has 4 nitrogen and oxygen atoms in total. The van der Waals surface area contributed by atoms with Crippen molar-refractivity contribution in [1.82, 2.24) is 14.7 Å². The van der Waals surface area contributed by atoms with E-state index >= 15 is 0 Å². The van der Waals surface area contributed by atoms with E-state index in [1.807, 2.05) is 53.5 Å². The summed E-state index contributed by atoms with van der Waals surface area (Å²) in [6, 6.07) is 28.8. The summed E-state index contributed by atoms with van der Waals surface area (Å²) in [5.41, 5.74) is 4.45. The van der Waals surface area contributed by atoms with Crippen LogP contribution >= 0.6 is 23.4 Å². The normalized spacial score (nSPS) is 11.5. The molecular weight excluding hydrogens is 436 g/mol. The first-order valence-electron chi connectivity index (χ1n) is 10.4. The van der Waals surface area contributed by atoms with Crippen LogP contribution in [0.15, 0.2) is 102 Å². The van der Waals surface area contributed by atoms with E-state index in [9.17, 15) is 0 Å². The highest BCUT2D eigenvalue weighted by Gasteiger charge is 2.13. The van der Waals surface area contributed by atoms with Crippen LogP contribution in [0.4, 0.5) is 5.69 Å². The van der Waals surface area contributed by atoms with Crippen LogP contribution in [0.1, 0.15) is 16.7 Å². The largest absolute Gasteiger partial charge is 0.343 e. The maximum absolute atomic E-state index is 6.11. The molecule has 0 bridgehead atoms. The van der Waals surface area contributed by atoms with Crippen LogP contribution in [0.25, 0.3) is 0 Å². The number of aliphatic imine (C=N–C) groups is 1. The van der Waals surface area contributed by atoms with Crippen LogP contribution in [0.2, 0.25) is 5.02 Å². The average molecular weight is 461 g/mol. The summed E-state index contributed by atoms with van der Waals surface area (Å²) in [6.45, 7) is 2.22. The third-order valence-electron chi connectivity index (χ3n) is 4.96. The molecule has 162 valence electrons. The third-order valence-corrected chi connectivity index (χ3v) is 5.91. The van der Waals surface area contributed by atoms with Gasteiger partial charge in [-0.05, 0) is 35.1 Å². The maximum Gasteiger partial charge on any atom is 0.164 e. The lowest BCUT2D eigenvalue weighted by Gasteiger charge is -2.25. The molecule has 0 atom stereocenters. The number of thioether (sulfide) groups is 1. The van der Waals surface area contributed by atoms with Crippen molar-refractivity contribution in [3.63, 3.8) is 0 Å². The molecule has 0 unspecified atom stereocenters. The van der Waals surface area contributed by atoms with E-state index in [2.05, 4.69) is 64.8 Å². The van der Waals surface area contributed by atoms with Gasteiger partial charge in [0, 0.05) is 18.1 Å². The second kappa shape index (κ2) is 11.0. The van der Waals surface area contributed by atoms with Crippen molar-refractivity contribution in [3.05, 3.63) is 119 Å². The Bertz CT molecular complexity index is 1120. The van der Waals surface area contributed by atoms with Gasteiger partial charge < -0.3 is 4.90 Å². The van der Waals surface area contributed by atoms with Gasteiger partial charge in [0.1, 0.15) is 5.69 Å². The van der Waals surface area contributed by atoms with E-state index in [1.54, 1.807) is 11.8 Å². The van der Waals surface area contributed by atoms with Crippen LogP contribution in [0, 0.1) is 0 Å². The fraction of sp³-hybridized carbons (Fsp3) is 0.154. The van der Waals surface area contributed by atoms with Gasteiger partial charge in [0.15, 0.2) is 5.17 Å². The van der Waals surface area contributed by atoms with Crippen molar-refractivity contribution in [1.29, 1.82) is 0 Å². The first kappa shape index (κ1) is 22.2. The number of benzene rings is 3. The lowest BCUT2D eigenvalue weighted by atomic mass is 10.2. The van der Waals surface area contributed by atoms with Crippen LogP contribution in [0.3, 0.4) is 0 Å². The molecule has 6 heteroatoms. The molecule has 1 heterocycles. The highest BCUT2D eigenvalue weighted by atomic mass is 35.5. The predicted molar refractivity (Wildman–Crippen MR) is 136 cm³/mol. The molecule has 0 aliphatic carbocycles. The van der Waals surface area contributed by atoms with Gasteiger partial charge in [0.2, 0.25) is 0 Å². The van der Waals surface area contributed by atoms with Crippen molar-refractivity contribution in [2.24, 2.45) is 4.99 Å². The Balaban J connectivity index is 1.56. The fourth-order valence-corrected chi connectivity index (χ4v) is 4.27. The van der Waals surface area contributed by atoms with E-state index in [0.29, 0.717) is 6.54 Å². The Kier molecular flexibility index (Phi) is 7.64. The van der Waals surface area contributed by atoms with Gasteiger partial charge in [-0.1, -0.05) is 96.2 Å². The van der Waals surface area contributed by atoms with Gasteiger partial charge in [0.25, 0.3) is 0 Å². The minimum absolute atomic E-state index is 0.655. The number of hydrogen-bond acceptors (Lipinski definition) is 3. The zero-order valence-electron chi connectivity index (χ0n) is 17.9. The molecule has 3 aromatic carbocycles. The average Bonchev–Trinajstić information content (AvgIpc) is 3.25. The van der Waals surface area contributed by atoms with Crippen LogP contribution in [-0.2, 0) is 19.6 Å². The predicted octanol–water partition coefficient (Wildman–Crippen LogP) is 6.64. The van der Waals surface area contributed by atoms with Crippen molar-refractivity contribution in [3.8, 4) is 0 Å². The summed E-state index contributed by atoms with van der Waals surface area (Å²) in [4.78, 5) is 7.25. The molecule has 0 spiro atoms. The standard InChI is InChI=1S/C26H25ClN4S/c1-32-26(29-25-16-28-31(20-25)19-23-13-8-14-24(27)15-23)30(17-21-9-4-2-5-10-21)18-22-11-6-3-7-12-22/h2-16,20H,17-19H2,1H3. The molecule has 0 N–H and O–H groups in total. The van der Waals surface area contributed by atoms with Crippen molar-refractivity contribution in [2.75, 3.05) is 6.26 Å². The van der Waals surface area contributed by atoms with Gasteiger partial charge in [-0.15, -0.1) is 0 Å². The summed E-state index contributed by atoms with van der Waals surface area (Å²) >= 11 is 7.76. The van der Waals surface area contributed by atoms with Gasteiger partial charge >= 0.3 is 0 Å². The molecular formula is C26H25ClN4S. The minimum atomic E-state index is 0.655. The van der Waals surface area contributed by atoms with E-state index in [1.165, 1.54) is 11.1 Å². The van der Waals surface area contributed by atoms with Crippen LogP contribution in [0.5, 0.6) is 0 Å². The summed E-state index contributed by atoms with van der Waals surface area (Å²) in [7, 11) is 0. The van der Waals surface area contributed by atoms with Crippen molar-refractivity contribution in [2.45, 2.75) is 19.6 Å².